The Hall–Kier alpha value is -1.07. The first kappa shape index (κ1) is 15.3. The van der Waals surface area contributed by atoms with Crippen molar-refractivity contribution in [2.45, 2.75) is 38.0 Å². The van der Waals surface area contributed by atoms with Crippen LogP contribution in [0, 0.1) is 5.92 Å². The molecule has 5 heteroatoms. The van der Waals surface area contributed by atoms with Gasteiger partial charge in [0.1, 0.15) is 0 Å². The van der Waals surface area contributed by atoms with Crippen LogP contribution < -0.4 is 5.32 Å². The zero-order valence-electron chi connectivity index (χ0n) is 12.5. The van der Waals surface area contributed by atoms with Gasteiger partial charge in [-0.15, -0.1) is 0 Å². The molecular formula is C15H24N2O2S. The Morgan fingerprint density at radius 1 is 1.40 bits per heavy atom. The van der Waals surface area contributed by atoms with Crippen molar-refractivity contribution in [2.24, 2.45) is 5.92 Å². The Balaban J connectivity index is 2.25. The number of nitrogens with zero attached hydrogens (tertiary/aromatic N) is 1. The summed E-state index contributed by atoms with van der Waals surface area (Å²) in [4.78, 5) is 0.408. The summed E-state index contributed by atoms with van der Waals surface area (Å²) < 4.78 is 26.6. The van der Waals surface area contributed by atoms with Crippen molar-refractivity contribution >= 4 is 15.7 Å². The van der Waals surface area contributed by atoms with Gasteiger partial charge in [0.25, 0.3) is 0 Å². The fraction of sp³-hybridized carbons (Fsp3) is 0.600. The van der Waals surface area contributed by atoms with Crippen molar-refractivity contribution in [1.29, 1.82) is 0 Å². The largest absolute Gasteiger partial charge is 0.385 e. The number of anilines is 1. The van der Waals surface area contributed by atoms with E-state index in [9.17, 15) is 8.42 Å². The molecule has 1 unspecified atom stereocenters. The van der Waals surface area contributed by atoms with E-state index < -0.39 is 10.0 Å². The van der Waals surface area contributed by atoms with Crippen LogP contribution in [0.15, 0.2) is 23.1 Å². The first-order chi connectivity index (χ1) is 9.45. The number of fused-ring (bicyclic) bond motifs is 1. The Kier molecular flexibility index (Phi) is 4.70. The normalized spacial score (nSPS) is 16.6. The lowest BCUT2D eigenvalue weighted by molar-refractivity contribution is 0.393. The van der Waals surface area contributed by atoms with Crippen LogP contribution in [0.5, 0.6) is 0 Å². The highest BCUT2D eigenvalue weighted by Crippen LogP contribution is 2.26. The molecule has 4 nitrogen and oxygen atoms in total. The second kappa shape index (κ2) is 6.14. The zero-order chi connectivity index (χ0) is 14.8. The third-order valence-corrected chi connectivity index (χ3v) is 5.81. The summed E-state index contributed by atoms with van der Waals surface area (Å²) >= 11 is 0. The molecule has 0 aromatic heterocycles. The van der Waals surface area contributed by atoms with Crippen LogP contribution >= 0.6 is 0 Å². The van der Waals surface area contributed by atoms with Gasteiger partial charge in [-0.3, -0.25) is 0 Å². The Bertz CT molecular complexity index is 569. The van der Waals surface area contributed by atoms with Gasteiger partial charge in [-0.1, -0.05) is 20.3 Å². The van der Waals surface area contributed by atoms with Crippen molar-refractivity contribution in [2.75, 3.05) is 25.5 Å². The maximum Gasteiger partial charge on any atom is 0.242 e. The van der Waals surface area contributed by atoms with Gasteiger partial charge in [-0.2, -0.15) is 0 Å². The monoisotopic (exact) mass is 296 g/mol. The van der Waals surface area contributed by atoms with Crippen LogP contribution in [0.3, 0.4) is 0 Å². The van der Waals surface area contributed by atoms with Crippen molar-refractivity contribution in [3.8, 4) is 0 Å². The lowest BCUT2D eigenvalue weighted by Crippen LogP contribution is -2.31. The first-order valence-corrected chi connectivity index (χ1v) is 8.72. The van der Waals surface area contributed by atoms with Gasteiger partial charge in [0.15, 0.2) is 0 Å². The average Bonchev–Trinajstić information content (AvgIpc) is 2.46. The number of hydrogen-bond acceptors (Lipinski definition) is 3. The molecule has 1 heterocycles. The molecule has 2 rings (SSSR count). The van der Waals surface area contributed by atoms with Crippen LogP contribution in [-0.2, 0) is 16.4 Å². The molecule has 0 saturated carbocycles. The van der Waals surface area contributed by atoms with Crippen LogP contribution in [0.1, 0.15) is 32.3 Å². The summed E-state index contributed by atoms with van der Waals surface area (Å²) in [5.41, 5.74) is 2.18. The molecule has 1 aliphatic rings. The Labute approximate surface area is 122 Å². The van der Waals surface area contributed by atoms with Gasteiger partial charge in [0, 0.05) is 25.8 Å². The maximum absolute atomic E-state index is 12.6. The molecule has 0 radical (unpaired) electrons. The minimum absolute atomic E-state index is 0.370. The van der Waals surface area contributed by atoms with Crippen molar-refractivity contribution < 1.29 is 8.42 Å². The van der Waals surface area contributed by atoms with Gasteiger partial charge >= 0.3 is 0 Å². The van der Waals surface area contributed by atoms with Gasteiger partial charge in [-0.05, 0) is 42.5 Å². The van der Waals surface area contributed by atoms with Crippen LogP contribution in [0.25, 0.3) is 0 Å². The number of rotatable bonds is 5. The first-order valence-electron chi connectivity index (χ1n) is 7.28. The fourth-order valence-corrected chi connectivity index (χ4v) is 3.80. The lowest BCUT2D eigenvalue weighted by atomic mass is 10.0. The fourth-order valence-electron chi connectivity index (χ4n) is 2.46. The topological polar surface area (TPSA) is 49.4 Å². The van der Waals surface area contributed by atoms with E-state index in [2.05, 4.69) is 19.2 Å². The summed E-state index contributed by atoms with van der Waals surface area (Å²) in [6.45, 7) is 5.68. The highest BCUT2D eigenvalue weighted by molar-refractivity contribution is 7.89. The van der Waals surface area contributed by atoms with E-state index >= 15 is 0 Å². The van der Waals surface area contributed by atoms with Crippen LogP contribution in [0.4, 0.5) is 5.69 Å². The SMILES string of the molecule is CCC(C)CN(C)S(=O)(=O)c1ccc2c(c1)CCCN2. The quantitative estimate of drug-likeness (QED) is 0.909. The minimum Gasteiger partial charge on any atom is -0.385 e. The zero-order valence-corrected chi connectivity index (χ0v) is 13.3. The maximum atomic E-state index is 12.6. The number of benzene rings is 1. The van der Waals surface area contributed by atoms with Gasteiger partial charge < -0.3 is 5.32 Å². The number of sulfonamides is 1. The van der Waals surface area contributed by atoms with Gasteiger partial charge in [0.05, 0.1) is 4.90 Å². The predicted molar refractivity (Wildman–Crippen MR) is 82.5 cm³/mol. The van der Waals surface area contributed by atoms with Gasteiger partial charge in [-0.25, -0.2) is 12.7 Å². The summed E-state index contributed by atoms with van der Waals surface area (Å²) in [6.07, 6.45) is 2.98. The number of nitrogens with one attached hydrogen (secondary N) is 1. The van der Waals surface area contributed by atoms with E-state index in [0.717, 1.165) is 37.1 Å². The van der Waals surface area contributed by atoms with E-state index in [-0.39, 0.29) is 0 Å². The second-order valence-corrected chi connectivity index (χ2v) is 7.69. The molecule has 1 aromatic rings. The Morgan fingerprint density at radius 3 is 2.85 bits per heavy atom. The van der Waals surface area contributed by atoms with Crippen molar-refractivity contribution in [3.05, 3.63) is 23.8 Å². The third kappa shape index (κ3) is 3.15. The average molecular weight is 296 g/mol. The molecule has 0 aliphatic carbocycles. The summed E-state index contributed by atoms with van der Waals surface area (Å²) in [5.74, 6) is 0.370. The summed E-state index contributed by atoms with van der Waals surface area (Å²) in [6, 6.07) is 5.42. The molecule has 1 aromatic carbocycles. The molecule has 0 bridgehead atoms. The molecule has 0 saturated heterocycles. The molecule has 0 amide bonds. The van der Waals surface area contributed by atoms with E-state index in [1.54, 1.807) is 13.1 Å². The molecule has 0 fully saturated rings. The van der Waals surface area contributed by atoms with E-state index in [1.165, 1.54) is 4.31 Å². The van der Waals surface area contributed by atoms with Crippen LogP contribution in [0.2, 0.25) is 0 Å². The lowest BCUT2D eigenvalue weighted by Gasteiger charge is -2.23. The molecule has 1 aliphatic heterocycles. The minimum atomic E-state index is -3.37. The highest BCUT2D eigenvalue weighted by atomic mass is 32.2. The number of hydrogen-bond donors (Lipinski definition) is 1. The standard InChI is InChI=1S/C15H24N2O2S/c1-4-12(2)11-17(3)20(18,19)14-7-8-15-13(10-14)6-5-9-16-15/h7-8,10,12,16H,4-6,9,11H2,1-3H3. The van der Waals surface area contributed by atoms with Crippen molar-refractivity contribution in [3.63, 3.8) is 0 Å². The molecule has 0 spiro atoms. The summed E-state index contributed by atoms with van der Waals surface area (Å²) in [7, 11) is -1.71. The second-order valence-electron chi connectivity index (χ2n) is 5.65. The highest BCUT2D eigenvalue weighted by Gasteiger charge is 2.23. The van der Waals surface area contributed by atoms with Crippen molar-refractivity contribution in [1.82, 2.24) is 4.31 Å². The third-order valence-electron chi connectivity index (χ3n) is 3.99. The molecule has 1 atom stereocenters. The van der Waals surface area contributed by atoms with E-state index in [4.69, 9.17) is 0 Å². The van der Waals surface area contributed by atoms with Gasteiger partial charge in [0.2, 0.25) is 10.0 Å². The van der Waals surface area contributed by atoms with Crippen LogP contribution in [-0.4, -0.2) is 32.9 Å². The molecular weight excluding hydrogens is 272 g/mol. The predicted octanol–water partition coefficient (Wildman–Crippen LogP) is 2.71. The van der Waals surface area contributed by atoms with E-state index in [0.29, 0.717) is 17.4 Å². The molecule has 112 valence electrons. The Morgan fingerprint density at radius 2 is 2.15 bits per heavy atom. The van der Waals surface area contributed by atoms with E-state index in [1.807, 2.05) is 12.1 Å². The smallest absolute Gasteiger partial charge is 0.242 e. The number of aryl methyl sites for hydroxylation is 1. The summed E-state index contributed by atoms with van der Waals surface area (Å²) in [5, 5.41) is 3.30. The molecule has 20 heavy (non-hydrogen) atoms. The molecule has 1 N–H and O–H groups in total.